The van der Waals surface area contributed by atoms with Gasteiger partial charge in [-0.05, 0) is 22.9 Å². The molecule has 80 valence electrons. The van der Waals surface area contributed by atoms with Crippen molar-refractivity contribution in [2.75, 3.05) is 12.0 Å². The Labute approximate surface area is 95.6 Å². The van der Waals surface area contributed by atoms with E-state index in [1.807, 2.05) is 0 Å². The van der Waals surface area contributed by atoms with Crippen LogP contribution in [-0.4, -0.2) is 25.4 Å². The molecule has 0 bridgehead atoms. The second-order valence-electron chi connectivity index (χ2n) is 3.46. The number of hydrogen-bond acceptors (Lipinski definition) is 5. The summed E-state index contributed by atoms with van der Waals surface area (Å²) in [5.74, 6) is -0.0973. The molecule has 0 aliphatic rings. The molecule has 0 amide bonds. The fourth-order valence-electron chi connectivity index (χ4n) is 1.12. The third kappa shape index (κ3) is 3.30. The van der Waals surface area contributed by atoms with Crippen LogP contribution < -0.4 is 5.73 Å². The summed E-state index contributed by atoms with van der Waals surface area (Å²) in [7, 11) is -3.09. The van der Waals surface area contributed by atoms with E-state index < -0.39 is 15.4 Å². The van der Waals surface area contributed by atoms with Crippen molar-refractivity contribution < 1.29 is 8.42 Å². The summed E-state index contributed by atoms with van der Waals surface area (Å²) in [4.78, 5) is 4.11. The predicted molar refractivity (Wildman–Crippen MR) is 61.1 cm³/mol. The molecule has 0 fully saturated rings. The molecule has 0 aromatic carbocycles. The van der Waals surface area contributed by atoms with Crippen molar-refractivity contribution in [3.63, 3.8) is 0 Å². The van der Waals surface area contributed by atoms with Crippen molar-refractivity contribution in [1.82, 2.24) is 4.98 Å². The summed E-state index contributed by atoms with van der Waals surface area (Å²) >= 11 is 4.55. The molecule has 1 aromatic rings. The Hall–Kier alpha value is 0.0200. The first-order valence-corrected chi connectivity index (χ1v) is 7.52. The van der Waals surface area contributed by atoms with Crippen LogP contribution in [-0.2, 0) is 15.4 Å². The highest BCUT2D eigenvalue weighted by Gasteiger charge is 2.29. The molecule has 1 aromatic heterocycles. The molecule has 1 unspecified atom stereocenters. The molecule has 2 N–H and O–H groups in total. The van der Waals surface area contributed by atoms with E-state index in [4.69, 9.17) is 5.73 Å². The van der Waals surface area contributed by atoms with Gasteiger partial charge in [-0.3, -0.25) is 0 Å². The van der Waals surface area contributed by atoms with Crippen molar-refractivity contribution >= 4 is 37.1 Å². The van der Waals surface area contributed by atoms with Crippen LogP contribution in [0.5, 0.6) is 0 Å². The molecular formula is C7H11BrN2O2S2. The lowest BCUT2D eigenvalue weighted by Gasteiger charge is -2.20. The highest BCUT2D eigenvalue weighted by atomic mass is 79.9. The molecule has 0 saturated carbocycles. The van der Waals surface area contributed by atoms with E-state index in [-0.39, 0.29) is 5.75 Å². The minimum Gasteiger partial charge on any atom is -0.319 e. The topological polar surface area (TPSA) is 73.1 Å². The Morgan fingerprint density at radius 2 is 2.29 bits per heavy atom. The van der Waals surface area contributed by atoms with Gasteiger partial charge in [-0.25, -0.2) is 13.4 Å². The summed E-state index contributed by atoms with van der Waals surface area (Å²) in [6.07, 6.45) is 1.17. The van der Waals surface area contributed by atoms with Crippen LogP contribution in [0.3, 0.4) is 0 Å². The molecule has 1 rings (SSSR count). The Morgan fingerprint density at radius 3 is 2.64 bits per heavy atom. The van der Waals surface area contributed by atoms with E-state index >= 15 is 0 Å². The van der Waals surface area contributed by atoms with Gasteiger partial charge in [-0.15, -0.1) is 11.3 Å². The van der Waals surface area contributed by atoms with Crippen molar-refractivity contribution in [3.8, 4) is 0 Å². The van der Waals surface area contributed by atoms with E-state index in [0.29, 0.717) is 9.61 Å². The van der Waals surface area contributed by atoms with Gasteiger partial charge in [0.15, 0.2) is 0 Å². The lowest BCUT2D eigenvalue weighted by atomic mass is 10.1. The van der Waals surface area contributed by atoms with E-state index in [2.05, 4.69) is 20.9 Å². The van der Waals surface area contributed by atoms with Crippen LogP contribution in [0.15, 0.2) is 9.98 Å². The molecule has 7 heteroatoms. The number of rotatable bonds is 3. The van der Waals surface area contributed by atoms with Crippen LogP contribution in [0.25, 0.3) is 0 Å². The largest absolute Gasteiger partial charge is 0.319 e. The minimum absolute atomic E-state index is 0.0973. The number of nitrogens with zero attached hydrogens (tertiary/aromatic N) is 1. The maximum Gasteiger partial charge on any atom is 0.149 e. The molecule has 0 spiro atoms. The number of halogens is 1. The van der Waals surface area contributed by atoms with Crippen LogP contribution in [0.2, 0.25) is 0 Å². The number of thiazole rings is 1. The molecule has 1 atom stereocenters. The Kier molecular flexibility index (Phi) is 3.35. The van der Waals surface area contributed by atoms with Gasteiger partial charge < -0.3 is 5.73 Å². The Bertz CT molecular complexity index is 425. The molecular weight excluding hydrogens is 288 g/mol. The van der Waals surface area contributed by atoms with Crippen LogP contribution in [0.4, 0.5) is 0 Å². The van der Waals surface area contributed by atoms with Gasteiger partial charge in [0, 0.05) is 11.6 Å². The highest BCUT2D eigenvalue weighted by Crippen LogP contribution is 2.25. The van der Waals surface area contributed by atoms with Crippen molar-refractivity contribution in [2.24, 2.45) is 5.73 Å². The third-order valence-corrected chi connectivity index (χ3v) is 4.48. The predicted octanol–water partition coefficient (Wildman–Crippen LogP) is 1.12. The lowest BCUT2D eigenvalue weighted by molar-refractivity contribution is 0.528. The van der Waals surface area contributed by atoms with E-state index in [1.54, 1.807) is 12.3 Å². The van der Waals surface area contributed by atoms with Crippen molar-refractivity contribution in [1.29, 1.82) is 0 Å². The second-order valence-corrected chi connectivity index (χ2v) is 7.27. The number of nitrogens with two attached hydrogens (primary N) is 1. The monoisotopic (exact) mass is 298 g/mol. The zero-order valence-corrected chi connectivity index (χ0v) is 11.0. The van der Waals surface area contributed by atoms with E-state index in [0.717, 1.165) is 0 Å². The number of hydrogen-bond donors (Lipinski definition) is 1. The smallest absolute Gasteiger partial charge is 0.149 e. The maximum absolute atomic E-state index is 11.1. The fourth-order valence-corrected chi connectivity index (χ4v) is 3.77. The minimum atomic E-state index is -3.09. The normalized spacial score (nSPS) is 16.6. The van der Waals surface area contributed by atoms with Gasteiger partial charge in [0.05, 0.1) is 11.3 Å². The first kappa shape index (κ1) is 12.1. The number of sulfone groups is 1. The highest BCUT2D eigenvalue weighted by molar-refractivity contribution is 9.10. The summed E-state index contributed by atoms with van der Waals surface area (Å²) in [6, 6.07) is 0. The Balaban J connectivity index is 2.96. The molecule has 14 heavy (non-hydrogen) atoms. The molecule has 4 nitrogen and oxygen atoms in total. The van der Waals surface area contributed by atoms with Gasteiger partial charge >= 0.3 is 0 Å². The zero-order valence-electron chi connectivity index (χ0n) is 7.82. The third-order valence-electron chi connectivity index (χ3n) is 1.53. The first-order valence-electron chi connectivity index (χ1n) is 3.79. The molecule has 0 aliphatic carbocycles. The molecule has 0 radical (unpaired) electrons. The van der Waals surface area contributed by atoms with Gasteiger partial charge in [-0.1, -0.05) is 0 Å². The van der Waals surface area contributed by atoms with E-state index in [9.17, 15) is 8.42 Å². The maximum atomic E-state index is 11.1. The standard InChI is InChI=1S/C7H11BrN2O2S2/c1-7(9,4-14(2,11)12)6-10-5(8)3-13-6/h3H,4,9H2,1-2H3. The Morgan fingerprint density at radius 1 is 1.71 bits per heavy atom. The van der Waals surface area contributed by atoms with E-state index in [1.165, 1.54) is 17.6 Å². The van der Waals surface area contributed by atoms with Crippen molar-refractivity contribution in [2.45, 2.75) is 12.5 Å². The lowest BCUT2D eigenvalue weighted by Crippen LogP contribution is -2.40. The quantitative estimate of drug-likeness (QED) is 0.908. The first-order chi connectivity index (χ1) is 6.21. The van der Waals surface area contributed by atoms with Gasteiger partial charge in [0.25, 0.3) is 0 Å². The molecule has 1 heterocycles. The summed E-state index contributed by atoms with van der Waals surface area (Å²) in [6.45, 7) is 1.67. The zero-order chi connectivity index (χ0) is 11.0. The van der Waals surface area contributed by atoms with Crippen LogP contribution in [0.1, 0.15) is 11.9 Å². The average Bonchev–Trinajstić information content (AvgIpc) is 2.29. The molecule has 0 aliphatic heterocycles. The fraction of sp³-hybridized carbons (Fsp3) is 0.571. The van der Waals surface area contributed by atoms with Crippen molar-refractivity contribution in [3.05, 3.63) is 15.0 Å². The summed E-state index contributed by atoms with van der Waals surface area (Å²) in [5.41, 5.74) is 4.97. The summed E-state index contributed by atoms with van der Waals surface area (Å²) in [5, 5.41) is 2.40. The van der Waals surface area contributed by atoms with Gasteiger partial charge in [0.1, 0.15) is 19.4 Å². The average molecular weight is 299 g/mol. The SMILES string of the molecule is CC(N)(CS(C)(=O)=O)c1nc(Br)cs1. The molecule has 0 saturated heterocycles. The van der Waals surface area contributed by atoms with Gasteiger partial charge in [-0.2, -0.15) is 0 Å². The summed E-state index contributed by atoms with van der Waals surface area (Å²) < 4.78 is 22.9. The van der Waals surface area contributed by atoms with Crippen LogP contribution >= 0.6 is 27.3 Å². The number of aromatic nitrogens is 1. The van der Waals surface area contributed by atoms with Crippen LogP contribution in [0, 0.1) is 0 Å². The second kappa shape index (κ2) is 3.88. The van der Waals surface area contributed by atoms with Gasteiger partial charge in [0.2, 0.25) is 0 Å².